The number of rotatable bonds is 4. The van der Waals surface area contributed by atoms with E-state index in [0.717, 1.165) is 0 Å². The van der Waals surface area contributed by atoms with E-state index in [4.69, 9.17) is 21.1 Å². The zero-order chi connectivity index (χ0) is 16.1. The highest BCUT2D eigenvalue weighted by molar-refractivity contribution is 6.30. The van der Waals surface area contributed by atoms with Crippen molar-refractivity contribution in [3.8, 4) is 17.2 Å². The fraction of sp³-hybridized carbons (Fsp3) is 0. The largest absolute Gasteiger partial charge is 0.456 e. The number of para-hydroxylation sites is 2. The van der Waals surface area contributed by atoms with Crippen LogP contribution >= 0.6 is 11.6 Å². The Bertz CT molecular complexity index is 798. The molecule has 0 saturated heterocycles. The molecule has 3 nitrogen and oxygen atoms in total. The zero-order valence-electron chi connectivity index (χ0n) is 12.1. The normalized spacial score (nSPS) is 10.1. The van der Waals surface area contributed by atoms with Gasteiger partial charge in [0.25, 0.3) is 0 Å². The van der Waals surface area contributed by atoms with Gasteiger partial charge in [-0.3, -0.25) is 0 Å². The van der Waals surface area contributed by atoms with Crippen LogP contribution in [0.15, 0.2) is 78.9 Å². The first-order valence-corrected chi connectivity index (χ1v) is 7.40. The third-order valence-electron chi connectivity index (χ3n) is 3.10. The van der Waals surface area contributed by atoms with E-state index in [1.165, 1.54) is 0 Å². The van der Waals surface area contributed by atoms with Crippen LogP contribution in [0.4, 0.5) is 0 Å². The minimum atomic E-state index is -0.487. The first kappa shape index (κ1) is 15.1. The third-order valence-corrected chi connectivity index (χ3v) is 3.35. The van der Waals surface area contributed by atoms with Crippen LogP contribution in [0.1, 0.15) is 10.4 Å². The lowest BCUT2D eigenvalue weighted by atomic mass is 10.2. The maximum Gasteiger partial charge on any atom is 0.347 e. The molecule has 0 fully saturated rings. The Morgan fingerprint density at radius 2 is 1.39 bits per heavy atom. The highest BCUT2D eigenvalue weighted by Gasteiger charge is 2.15. The van der Waals surface area contributed by atoms with E-state index in [1.807, 2.05) is 30.3 Å². The molecule has 0 heterocycles. The first-order valence-electron chi connectivity index (χ1n) is 7.02. The van der Waals surface area contributed by atoms with Gasteiger partial charge in [0.15, 0.2) is 0 Å². The van der Waals surface area contributed by atoms with E-state index in [-0.39, 0.29) is 0 Å². The predicted molar refractivity (Wildman–Crippen MR) is 89.4 cm³/mol. The van der Waals surface area contributed by atoms with Crippen molar-refractivity contribution in [3.05, 3.63) is 89.4 Å². The summed E-state index contributed by atoms with van der Waals surface area (Å²) in [5, 5.41) is 0.581. The van der Waals surface area contributed by atoms with Gasteiger partial charge in [-0.1, -0.05) is 41.9 Å². The van der Waals surface area contributed by atoms with Crippen molar-refractivity contribution in [2.75, 3.05) is 0 Å². The minimum Gasteiger partial charge on any atom is -0.456 e. The van der Waals surface area contributed by atoms with Gasteiger partial charge in [0.2, 0.25) is 0 Å². The average Bonchev–Trinajstić information content (AvgIpc) is 2.58. The molecule has 0 N–H and O–H groups in total. The number of hydrogen-bond acceptors (Lipinski definition) is 3. The Morgan fingerprint density at radius 1 is 0.739 bits per heavy atom. The summed E-state index contributed by atoms with van der Waals surface area (Å²) in [5.74, 6) is 1.03. The van der Waals surface area contributed by atoms with Crippen LogP contribution < -0.4 is 9.47 Å². The Labute approximate surface area is 139 Å². The lowest BCUT2D eigenvalue weighted by Gasteiger charge is -2.10. The summed E-state index contributed by atoms with van der Waals surface area (Å²) in [6.45, 7) is 0. The average molecular weight is 325 g/mol. The highest BCUT2D eigenvalue weighted by atomic mass is 35.5. The second kappa shape index (κ2) is 6.99. The minimum absolute atomic E-state index is 0.353. The molecule has 0 unspecified atom stereocenters. The SMILES string of the molecule is O=C(Oc1ccc(Cl)cc1)c1ccccc1Oc1ccccc1. The number of carbonyl (C=O) groups excluding carboxylic acids is 1. The topological polar surface area (TPSA) is 35.5 Å². The van der Waals surface area contributed by atoms with Crippen LogP contribution in [-0.2, 0) is 0 Å². The van der Waals surface area contributed by atoms with E-state index in [1.54, 1.807) is 48.5 Å². The van der Waals surface area contributed by atoms with Gasteiger partial charge >= 0.3 is 5.97 Å². The molecule has 3 aromatic carbocycles. The molecule has 23 heavy (non-hydrogen) atoms. The molecule has 114 valence electrons. The summed E-state index contributed by atoms with van der Waals surface area (Å²) >= 11 is 5.82. The molecule has 0 aliphatic rings. The third kappa shape index (κ3) is 3.90. The van der Waals surface area contributed by atoms with Crippen LogP contribution in [0, 0.1) is 0 Å². The van der Waals surface area contributed by atoms with E-state index >= 15 is 0 Å². The predicted octanol–water partition coefficient (Wildman–Crippen LogP) is 5.35. The van der Waals surface area contributed by atoms with Crippen molar-refractivity contribution < 1.29 is 14.3 Å². The standard InChI is InChI=1S/C19H13ClO3/c20-14-10-12-16(13-11-14)23-19(21)17-8-4-5-9-18(17)22-15-6-2-1-3-7-15/h1-13H. The monoisotopic (exact) mass is 324 g/mol. The molecule has 0 amide bonds. The van der Waals surface area contributed by atoms with Crippen LogP contribution in [0.25, 0.3) is 0 Å². The summed E-state index contributed by atoms with van der Waals surface area (Å²) in [6, 6.07) is 22.8. The molecule has 0 aliphatic carbocycles. The van der Waals surface area contributed by atoms with Crippen molar-refractivity contribution in [1.29, 1.82) is 0 Å². The van der Waals surface area contributed by atoms with Crippen molar-refractivity contribution in [1.82, 2.24) is 0 Å². The molecular weight excluding hydrogens is 312 g/mol. The van der Waals surface area contributed by atoms with Crippen molar-refractivity contribution in [2.45, 2.75) is 0 Å². The molecule has 0 aliphatic heterocycles. The summed E-state index contributed by atoms with van der Waals surface area (Å²) in [4.78, 5) is 12.4. The quantitative estimate of drug-likeness (QED) is 0.479. The molecule has 0 atom stereocenters. The summed E-state index contributed by atoms with van der Waals surface area (Å²) in [7, 11) is 0. The van der Waals surface area contributed by atoms with Gasteiger partial charge in [-0.15, -0.1) is 0 Å². The van der Waals surface area contributed by atoms with Gasteiger partial charge in [0, 0.05) is 5.02 Å². The number of halogens is 1. The van der Waals surface area contributed by atoms with Gasteiger partial charge < -0.3 is 9.47 Å². The molecule has 0 radical (unpaired) electrons. The number of ether oxygens (including phenoxy) is 2. The van der Waals surface area contributed by atoms with Gasteiger partial charge in [-0.25, -0.2) is 4.79 Å². The highest BCUT2D eigenvalue weighted by Crippen LogP contribution is 2.26. The van der Waals surface area contributed by atoms with Gasteiger partial charge in [-0.2, -0.15) is 0 Å². The molecule has 0 bridgehead atoms. The maximum atomic E-state index is 12.4. The molecular formula is C19H13ClO3. The van der Waals surface area contributed by atoms with Crippen LogP contribution in [0.3, 0.4) is 0 Å². The Hall–Kier alpha value is -2.78. The Balaban J connectivity index is 1.82. The molecule has 4 heteroatoms. The van der Waals surface area contributed by atoms with E-state index in [0.29, 0.717) is 27.8 Å². The van der Waals surface area contributed by atoms with Crippen LogP contribution in [-0.4, -0.2) is 5.97 Å². The zero-order valence-corrected chi connectivity index (χ0v) is 12.9. The number of esters is 1. The smallest absolute Gasteiger partial charge is 0.347 e. The second-order valence-electron chi connectivity index (χ2n) is 4.75. The fourth-order valence-corrected chi connectivity index (χ4v) is 2.13. The van der Waals surface area contributed by atoms with Crippen molar-refractivity contribution in [2.24, 2.45) is 0 Å². The number of hydrogen-bond donors (Lipinski definition) is 0. The maximum absolute atomic E-state index is 12.4. The van der Waals surface area contributed by atoms with Crippen LogP contribution in [0.2, 0.25) is 5.02 Å². The summed E-state index contributed by atoms with van der Waals surface area (Å²) in [6.07, 6.45) is 0. The van der Waals surface area contributed by atoms with E-state index in [2.05, 4.69) is 0 Å². The van der Waals surface area contributed by atoms with Crippen molar-refractivity contribution >= 4 is 17.6 Å². The van der Waals surface area contributed by atoms with E-state index < -0.39 is 5.97 Å². The van der Waals surface area contributed by atoms with Gasteiger partial charge in [-0.05, 0) is 48.5 Å². The molecule has 3 rings (SSSR count). The Kier molecular flexibility index (Phi) is 4.60. The lowest BCUT2D eigenvalue weighted by Crippen LogP contribution is -2.09. The molecule has 0 aromatic heterocycles. The van der Waals surface area contributed by atoms with Crippen molar-refractivity contribution in [3.63, 3.8) is 0 Å². The lowest BCUT2D eigenvalue weighted by molar-refractivity contribution is 0.0732. The molecule has 0 saturated carbocycles. The second-order valence-corrected chi connectivity index (χ2v) is 5.19. The first-order chi connectivity index (χ1) is 11.2. The number of benzene rings is 3. The van der Waals surface area contributed by atoms with Crippen LogP contribution in [0.5, 0.6) is 17.2 Å². The van der Waals surface area contributed by atoms with E-state index in [9.17, 15) is 4.79 Å². The fourth-order valence-electron chi connectivity index (χ4n) is 2.00. The summed E-state index contributed by atoms with van der Waals surface area (Å²) in [5.41, 5.74) is 0.353. The number of carbonyl (C=O) groups is 1. The van der Waals surface area contributed by atoms with Gasteiger partial charge in [0.1, 0.15) is 22.8 Å². The molecule has 3 aromatic rings. The Morgan fingerprint density at radius 3 is 2.13 bits per heavy atom. The molecule has 0 spiro atoms. The van der Waals surface area contributed by atoms with Gasteiger partial charge in [0.05, 0.1) is 0 Å². The summed E-state index contributed by atoms with van der Waals surface area (Å²) < 4.78 is 11.1.